The Labute approximate surface area is 255 Å². The molecule has 206 valence electrons. The summed E-state index contributed by atoms with van der Waals surface area (Å²) >= 11 is 0. The number of benzene rings is 7. The van der Waals surface area contributed by atoms with Crippen molar-refractivity contribution in [3.05, 3.63) is 164 Å². The molecule has 9 aromatic rings. The number of para-hydroxylation sites is 3. The van der Waals surface area contributed by atoms with Gasteiger partial charge in [0.05, 0.1) is 22.2 Å². The average molecular weight is 561 g/mol. The summed E-state index contributed by atoms with van der Waals surface area (Å²) in [5.74, 6) is 0. The topological polar surface area (TPSA) is 20.7 Å². The van der Waals surface area contributed by atoms with E-state index in [1.165, 1.54) is 77.2 Å². The Morgan fingerprint density at radius 2 is 0.977 bits per heavy atom. The van der Waals surface area contributed by atoms with Crippen LogP contribution < -0.4 is 0 Å². The first kappa shape index (κ1) is 24.7. The van der Waals surface area contributed by atoms with Gasteiger partial charge in [0.1, 0.15) is 0 Å². The van der Waals surface area contributed by atoms with Crippen molar-refractivity contribution in [2.45, 2.75) is 0 Å². The zero-order chi connectivity index (χ0) is 29.0. The van der Waals surface area contributed by atoms with E-state index in [4.69, 9.17) is 0 Å². The zero-order valence-electron chi connectivity index (χ0n) is 24.0. The fraction of sp³-hybridized carbons (Fsp3) is 0. The van der Waals surface area contributed by atoms with Crippen LogP contribution in [0.3, 0.4) is 0 Å². The second-order valence-electron chi connectivity index (χ2n) is 11.5. The summed E-state index contributed by atoms with van der Waals surface area (Å²) in [4.78, 5) is 3.78. The Hall–Kier alpha value is -5.86. The van der Waals surface area contributed by atoms with Crippen molar-refractivity contribution in [1.82, 2.24) is 9.55 Å². The zero-order valence-corrected chi connectivity index (χ0v) is 24.0. The Morgan fingerprint density at radius 1 is 0.386 bits per heavy atom. The van der Waals surface area contributed by atoms with Crippen LogP contribution in [-0.4, -0.2) is 9.55 Å². The van der Waals surface area contributed by atoms with Crippen LogP contribution in [0.2, 0.25) is 0 Å². The van der Waals surface area contributed by atoms with E-state index >= 15 is 0 Å². The maximum Gasteiger partial charge on any atom is 0.0783 e. The molecule has 0 atom stereocenters. The van der Waals surface area contributed by atoms with E-state index in [1.807, 2.05) is 0 Å². The fourth-order valence-corrected chi connectivity index (χ4v) is 6.91. The first-order valence-electron chi connectivity index (χ1n) is 15.1. The smallest absolute Gasteiger partial charge is 0.0783 e. The van der Waals surface area contributed by atoms with Crippen molar-refractivity contribution in [3.63, 3.8) is 0 Å². The maximum absolute atomic E-state index is 3.78. The van der Waals surface area contributed by atoms with Gasteiger partial charge in [0, 0.05) is 32.6 Å². The number of aromatic amines is 1. The third-order valence-corrected chi connectivity index (χ3v) is 8.94. The number of H-pyrrole nitrogens is 1. The summed E-state index contributed by atoms with van der Waals surface area (Å²) in [6.45, 7) is 0. The van der Waals surface area contributed by atoms with Crippen LogP contribution in [0.5, 0.6) is 0 Å². The van der Waals surface area contributed by atoms with Gasteiger partial charge in [-0.2, -0.15) is 0 Å². The van der Waals surface area contributed by atoms with Crippen LogP contribution in [0.25, 0.3) is 82.7 Å². The minimum atomic E-state index is 1.16. The molecule has 44 heavy (non-hydrogen) atoms. The predicted molar refractivity (Wildman–Crippen MR) is 186 cm³/mol. The van der Waals surface area contributed by atoms with Gasteiger partial charge >= 0.3 is 0 Å². The minimum Gasteiger partial charge on any atom is -0.353 e. The highest BCUT2D eigenvalue weighted by molar-refractivity contribution is 6.22. The summed E-state index contributed by atoms with van der Waals surface area (Å²) in [6.07, 6.45) is 0. The summed E-state index contributed by atoms with van der Waals surface area (Å²) in [5.41, 5.74) is 13.2. The Kier molecular flexibility index (Phi) is 5.54. The molecule has 0 saturated carbocycles. The first-order valence-corrected chi connectivity index (χ1v) is 15.1. The molecule has 0 saturated heterocycles. The lowest BCUT2D eigenvalue weighted by molar-refractivity contribution is 1.18. The summed E-state index contributed by atoms with van der Waals surface area (Å²) in [6, 6.07) is 59.1. The molecule has 2 nitrogen and oxygen atoms in total. The van der Waals surface area contributed by atoms with Crippen molar-refractivity contribution >= 4 is 43.6 Å². The van der Waals surface area contributed by atoms with Gasteiger partial charge in [-0.3, -0.25) is 0 Å². The van der Waals surface area contributed by atoms with Crippen molar-refractivity contribution in [1.29, 1.82) is 0 Å². The number of fused-ring (bicyclic) bond motifs is 7. The van der Waals surface area contributed by atoms with Crippen LogP contribution in [0, 0.1) is 0 Å². The average Bonchev–Trinajstić information content (AvgIpc) is 3.65. The third kappa shape index (κ3) is 3.82. The highest BCUT2D eigenvalue weighted by Crippen LogP contribution is 2.41. The molecule has 0 bridgehead atoms. The number of nitrogens with one attached hydrogen (secondary N) is 1. The van der Waals surface area contributed by atoms with E-state index in [1.54, 1.807) is 0 Å². The van der Waals surface area contributed by atoms with Crippen LogP contribution in [0.4, 0.5) is 0 Å². The molecule has 0 aliphatic carbocycles. The summed E-state index contributed by atoms with van der Waals surface area (Å²) in [7, 11) is 0. The fourth-order valence-electron chi connectivity index (χ4n) is 6.91. The van der Waals surface area contributed by atoms with Gasteiger partial charge < -0.3 is 9.55 Å². The summed E-state index contributed by atoms with van der Waals surface area (Å²) in [5, 5.41) is 5.00. The van der Waals surface area contributed by atoms with Gasteiger partial charge in [0.25, 0.3) is 0 Å². The van der Waals surface area contributed by atoms with Gasteiger partial charge in [-0.05, 0) is 58.1 Å². The van der Waals surface area contributed by atoms with Crippen molar-refractivity contribution in [3.8, 4) is 39.1 Å². The monoisotopic (exact) mass is 560 g/mol. The Bertz CT molecular complexity index is 2490. The van der Waals surface area contributed by atoms with E-state index in [0.29, 0.717) is 0 Å². The molecule has 0 aliphatic heterocycles. The molecule has 2 heterocycles. The second-order valence-corrected chi connectivity index (χ2v) is 11.5. The molecular weight excluding hydrogens is 532 g/mol. The Balaban J connectivity index is 1.27. The van der Waals surface area contributed by atoms with Crippen molar-refractivity contribution < 1.29 is 0 Å². The molecule has 9 rings (SSSR count). The van der Waals surface area contributed by atoms with Crippen LogP contribution >= 0.6 is 0 Å². The highest BCUT2D eigenvalue weighted by Gasteiger charge is 2.19. The van der Waals surface area contributed by atoms with Crippen molar-refractivity contribution in [2.75, 3.05) is 0 Å². The molecule has 0 aliphatic rings. The molecule has 1 N–H and O–H groups in total. The first-order chi connectivity index (χ1) is 21.8. The van der Waals surface area contributed by atoms with Gasteiger partial charge in [-0.15, -0.1) is 0 Å². The van der Waals surface area contributed by atoms with Crippen LogP contribution in [0.15, 0.2) is 164 Å². The number of nitrogens with zero attached hydrogens (tertiary/aromatic N) is 1. The molecule has 7 aromatic carbocycles. The lowest BCUT2D eigenvalue weighted by Gasteiger charge is -2.15. The highest BCUT2D eigenvalue weighted by atomic mass is 15.0. The molecule has 0 radical (unpaired) electrons. The van der Waals surface area contributed by atoms with Gasteiger partial charge in [0.15, 0.2) is 0 Å². The minimum absolute atomic E-state index is 1.16. The Morgan fingerprint density at radius 3 is 1.82 bits per heavy atom. The number of rotatable bonds is 4. The lowest BCUT2D eigenvalue weighted by atomic mass is 9.95. The van der Waals surface area contributed by atoms with E-state index in [2.05, 4.69) is 173 Å². The van der Waals surface area contributed by atoms with E-state index in [0.717, 1.165) is 5.52 Å². The molecular formula is C42H28N2. The van der Waals surface area contributed by atoms with Gasteiger partial charge in [-0.1, -0.05) is 133 Å². The molecule has 0 unspecified atom stereocenters. The standard InChI is InChI=1S/C42H28N2/c1-2-12-28(13-3-1)29-14-10-15-30(26-29)31-16-11-17-32(27-31)33-18-5-8-22-39(33)44-40-23-9-6-20-35(40)37-25-24-36-34-19-4-7-21-38(34)43-41(36)42(37)44/h1-27,43H. The number of hydrogen-bond donors (Lipinski definition) is 1. The third-order valence-electron chi connectivity index (χ3n) is 8.94. The van der Waals surface area contributed by atoms with Gasteiger partial charge in [-0.25, -0.2) is 0 Å². The number of hydrogen-bond acceptors (Lipinski definition) is 0. The molecule has 0 fully saturated rings. The van der Waals surface area contributed by atoms with Crippen LogP contribution in [-0.2, 0) is 0 Å². The largest absolute Gasteiger partial charge is 0.353 e. The van der Waals surface area contributed by atoms with Gasteiger partial charge in [0.2, 0.25) is 0 Å². The second kappa shape index (κ2) is 9.86. The van der Waals surface area contributed by atoms with E-state index in [-0.39, 0.29) is 0 Å². The summed E-state index contributed by atoms with van der Waals surface area (Å²) < 4.78 is 2.46. The van der Waals surface area contributed by atoms with Crippen LogP contribution in [0.1, 0.15) is 0 Å². The van der Waals surface area contributed by atoms with Crippen molar-refractivity contribution in [2.24, 2.45) is 0 Å². The molecule has 2 heteroatoms. The quantitative estimate of drug-likeness (QED) is 0.221. The molecule has 2 aromatic heterocycles. The lowest BCUT2D eigenvalue weighted by Crippen LogP contribution is -1.97. The predicted octanol–water partition coefficient (Wildman–Crippen LogP) is 11.4. The van der Waals surface area contributed by atoms with E-state index < -0.39 is 0 Å². The SMILES string of the molecule is c1ccc(-c2cccc(-c3cccc(-c4ccccc4-n4c5ccccc5c5ccc6c7ccccc7[nH]c6c54)c3)c2)cc1. The normalized spacial score (nSPS) is 11.6. The molecule has 0 amide bonds. The molecule has 0 spiro atoms. The van der Waals surface area contributed by atoms with E-state index in [9.17, 15) is 0 Å². The maximum atomic E-state index is 3.78. The number of aromatic nitrogens is 2.